The molecule has 1 N–H and O–H groups in total. The van der Waals surface area contributed by atoms with E-state index in [1.165, 1.54) is 25.9 Å². The zero-order valence-corrected chi connectivity index (χ0v) is 11.1. The van der Waals surface area contributed by atoms with E-state index in [0.717, 1.165) is 17.9 Å². The molecule has 2 heteroatoms. The molecule has 0 aromatic carbocycles. The lowest BCUT2D eigenvalue weighted by Crippen LogP contribution is -2.48. The van der Waals surface area contributed by atoms with Gasteiger partial charge in [0.1, 0.15) is 0 Å². The molecule has 90 valence electrons. The maximum absolute atomic E-state index is 3.44. The first kappa shape index (κ1) is 13.0. The van der Waals surface area contributed by atoms with Crippen LogP contribution in [-0.2, 0) is 0 Å². The number of piperidine rings is 1. The van der Waals surface area contributed by atoms with Crippen LogP contribution in [0.5, 0.6) is 0 Å². The van der Waals surface area contributed by atoms with Crippen molar-refractivity contribution < 1.29 is 0 Å². The molecule has 2 nitrogen and oxygen atoms in total. The Morgan fingerprint density at radius 3 is 2.47 bits per heavy atom. The fourth-order valence-corrected chi connectivity index (χ4v) is 2.62. The molecule has 0 aliphatic carbocycles. The summed E-state index contributed by atoms with van der Waals surface area (Å²) in [7, 11) is 2.09. The predicted molar refractivity (Wildman–Crippen MR) is 67.1 cm³/mol. The lowest BCUT2D eigenvalue weighted by Gasteiger charge is -2.39. The molecule has 1 aliphatic rings. The first-order valence-electron chi connectivity index (χ1n) is 6.46. The van der Waals surface area contributed by atoms with Gasteiger partial charge in [-0.1, -0.05) is 20.8 Å². The quantitative estimate of drug-likeness (QED) is 0.769. The summed E-state index contributed by atoms with van der Waals surface area (Å²) < 4.78 is 0. The molecule has 0 aromatic rings. The second kappa shape index (κ2) is 5.86. The number of likely N-dealkylation sites (tertiary alicyclic amines) is 1. The van der Waals surface area contributed by atoms with Gasteiger partial charge in [0.25, 0.3) is 0 Å². The van der Waals surface area contributed by atoms with Crippen molar-refractivity contribution in [3.63, 3.8) is 0 Å². The molecule has 1 saturated heterocycles. The van der Waals surface area contributed by atoms with Crippen LogP contribution in [0.15, 0.2) is 0 Å². The van der Waals surface area contributed by atoms with Crippen molar-refractivity contribution in [3.05, 3.63) is 0 Å². The smallest absolute Gasteiger partial charge is 0.0215 e. The van der Waals surface area contributed by atoms with Crippen molar-refractivity contribution in [3.8, 4) is 0 Å². The molecule has 0 spiro atoms. The van der Waals surface area contributed by atoms with Crippen LogP contribution in [0.25, 0.3) is 0 Å². The second-order valence-electron chi connectivity index (χ2n) is 5.61. The number of hydrogen-bond acceptors (Lipinski definition) is 2. The maximum atomic E-state index is 3.44. The molecule has 0 amide bonds. The first-order chi connectivity index (χ1) is 7.04. The van der Waals surface area contributed by atoms with E-state index < -0.39 is 0 Å². The molecule has 1 rings (SSSR count). The number of rotatable bonds is 4. The lowest BCUT2D eigenvalue weighted by atomic mass is 9.92. The van der Waals surface area contributed by atoms with Crippen LogP contribution in [0, 0.1) is 11.8 Å². The summed E-state index contributed by atoms with van der Waals surface area (Å²) in [5, 5.41) is 3.44. The second-order valence-corrected chi connectivity index (χ2v) is 5.61. The minimum Gasteiger partial charge on any atom is -0.315 e. The third-order valence-corrected chi connectivity index (χ3v) is 3.88. The van der Waals surface area contributed by atoms with Crippen molar-refractivity contribution >= 4 is 0 Å². The third kappa shape index (κ3) is 3.76. The Morgan fingerprint density at radius 1 is 1.33 bits per heavy atom. The maximum Gasteiger partial charge on any atom is 0.0215 e. The van der Waals surface area contributed by atoms with Gasteiger partial charge >= 0.3 is 0 Å². The van der Waals surface area contributed by atoms with Gasteiger partial charge in [-0.2, -0.15) is 0 Å². The van der Waals surface area contributed by atoms with Crippen molar-refractivity contribution in [2.24, 2.45) is 11.8 Å². The Bertz CT molecular complexity index is 179. The van der Waals surface area contributed by atoms with Gasteiger partial charge in [0.2, 0.25) is 0 Å². The van der Waals surface area contributed by atoms with E-state index in [1.54, 1.807) is 0 Å². The molecule has 1 heterocycles. The molecule has 0 saturated carbocycles. The Morgan fingerprint density at radius 2 is 2.00 bits per heavy atom. The number of nitrogens with zero attached hydrogens (tertiary/aromatic N) is 1. The topological polar surface area (TPSA) is 15.3 Å². The summed E-state index contributed by atoms with van der Waals surface area (Å²) in [6, 6.07) is 1.41. The number of hydrogen-bond donors (Lipinski definition) is 1. The van der Waals surface area contributed by atoms with Crippen LogP contribution in [0.4, 0.5) is 0 Å². The monoisotopic (exact) mass is 212 g/mol. The lowest BCUT2D eigenvalue weighted by molar-refractivity contribution is 0.110. The van der Waals surface area contributed by atoms with Gasteiger partial charge in [-0.15, -0.1) is 0 Å². The average Bonchev–Trinajstić information content (AvgIpc) is 2.16. The van der Waals surface area contributed by atoms with Crippen LogP contribution in [-0.4, -0.2) is 37.1 Å². The highest BCUT2D eigenvalue weighted by Crippen LogP contribution is 2.22. The van der Waals surface area contributed by atoms with E-state index in [-0.39, 0.29) is 0 Å². The fourth-order valence-electron chi connectivity index (χ4n) is 2.62. The third-order valence-electron chi connectivity index (χ3n) is 3.88. The van der Waals surface area contributed by atoms with Crippen LogP contribution in [0.3, 0.4) is 0 Å². The molecular weight excluding hydrogens is 184 g/mol. The van der Waals surface area contributed by atoms with E-state index in [0.29, 0.717) is 6.04 Å². The van der Waals surface area contributed by atoms with Crippen LogP contribution < -0.4 is 5.32 Å². The molecule has 0 bridgehead atoms. The minimum absolute atomic E-state index is 0.640. The van der Waals surface area contributed by atoms with E-state index in [4.69, 9.17) is 0 Å². The fraction of sp³-hybridized carbons (Fsp3) is 1.00. The van der Waals surface area contributed by atoms with Crippen molar-refractivity contribution in [2.45, 2.75) is 52.6 Å². The minimum atomic E-state index is 0.640. The normalized spacial score (nSPS) is 30.8. The van der Waals surface area contributed by atoms with E-state index >= 15 is 0 Å². The standard InChI is InChI=1S/C13H28N2/c1-10(2)13(14-5)9-15-7-6-11(3)8-12(15)4/h10-14H,6-9H2,1-5H3. The first-order valence-corrected chi connectivity index (χ1v) is 6.46. The Labute approximate surface area is 95.4 Å². The van der Waals surface area contributed by atoms with Crippen molar-refractivity contribution in [1.29, 1.82) is 0 Å². The van der Waals surface area contributed by atoms with Gasteiger partial charge in [0, 0.05) is 18.6 Å². The highest BCUT2D eigenvalue weighted by atomic mass is 15.2. The molecule has 1 fully saturated rings. The summed E-state index contributed by atoms with van der Waals surface area (Å²) in [6.45, 7) is 11.9. The summed E-state index contributed by atoms with van der Waals surface area (Å²) in [6.07, 6.45) is 2.74. The Kier molecular flexibility index (Phi) is 5.07. The molecule has 15 heavy (non-hydrogen) atoms. The molecular formula is C13H28N2. The summed E-state index contributed by atoms with van der Waals surface area (Å²) >= 11 is 0. The zero-order chi connectivity index (χ0) is 11.4. The van der Waals surface area contributed by atoms with Crippen LogP contribution >= 0.6 is 0 Å². The number of likely N-dealkylation sites (N-methyl/N-ethyl adjacent to an activating group) is 1. The molecule has 3 unspecified atom stereocenters. The Hall–Kier alpha value is -0.0800. The summed E-state index contributed by atoms with van der Waals surface area (Å²) in [5.74, 6) is 1.64. The molecule has 1 aliphatic heterocycles. The summed E-state index contributed by atoms with van der Waals surface area (Å²) in [5.41, 5.74) is 0. The van der Waals surface area contributed by atoms with Gasteiger partial charge in [-0.05, 0) is 45.2 Å². The van der Waals surface area contributed by atoms with Gasteiger partial charge in [0.05, 0.1) is 0 Å². The van der Waals surface area contributed by atoms with Crippen molar-refractivity contribution in [2.75, 3.05) is 20.1 Å². The van der Waals surface area contributed by atoms with Crippen LogP contribution in [0.2, 0.25) is 0 Å². The highest BCUT2D eigenvalue weighted by molar-refractivity contribution is 4.81. The average molecular weight is 212 g/mol. The van der Waals surface area contributed by atoms with Gasteiger partial charge < -0.3 is 5.32 Å². The van der Waals surface area contributed by atoms with Crippen LogP contribution in [0.1, 0.15) is 40.5 Å². The summed E-state index contributed by atoms with van der Waals surface area (Å²) in [4.78, 5) is 2.65. The molecule has 0 aromatic heterocycles. The van der Waals surface area contributed by atoms with E-state index in [1.807, 2.05) is 0 Å². The molecule has 3 atom stereocenters. The largest absolute Gasteiger partial charge is 0.315 e. The van der Waals surface area contributed by atoms with E-state index in [9.17, 15) is 0 Å². The molecule has 0 radical (unpaired) electrons. The predicted octanol–water partition coefficient (Wildman–Crippen LogP) is 2.35. The van der Waals surface area contributed by atoms with E-state index in [2.05, 4.69) is 45.0 Å². The van der Waals surface area contributed by atoms with Gasteiger partial charge in [-0.25, -0.2) is 0 Å². The number of nitrogens with one attached hydrogen (secondary N) is 1. The SMILES string of the molecule is CNC(CN1CCC(C)CC1C)C(C)C. The zero-order valence-electron chi connectivity index (χ0n) is 11.1. The van der Waals surface area contributed by atoms with Gasteiger partial charge in [-0.3, -0.25) is 4.90 Å². The Balaban J connectivity index is 2.43. The van der Waals surface area contributed by atoms with Gasteiger partial charge in [0.15, 0.2) is 0 Å². The highest BCUT2D eigenvalue weighted by Gasteiger charge is 2.25. The van der Waals surface area contributed by atoms with Crippen molar-refractivity contribution in [1.82, 2.24) is 10.2 Å².